The molecule has 0 fully saturated rings. The quantitative estimate of drug-likeness (QED) is 0.515. The summed E-state index contributed by atoms with van der Waals surface area (Å²) in [6.07, 6.45) is 10.4. The summed E-state index contributed by atoms with van der Waals surface area (Å²) in [6.45, 7) is 0. The summed E-state index contributed by atoms with van der Waals surface area (Å²) >= 11 is 0. The van der Waals surface area contributed by atoms with Crippen molar-refractivity contribution in [3.8, 4) is 0 Å². The number of aryl methyl sites for hydroxylation is 2. The van der Waals surface area contributed by atoms with E-state index in [1.807, 2.05) is 36.7 Å². The molecule has 3 aromatic heterocycles. The lowest BCUT2D eigenvalue weighted by atomic mass is 9.96. The molecule has 4 heterocycles. The fraction of sp³-hybridized carbons (Fsp3) is 0.208. The second-order valence-corrected chi connectivity index (χ2v) is 7.74. The number of hydrogen-bond donors (Lipinski definition) is 0. The minimum Gasteiger partial charge on any atom is -0.331 e. The maximum Gasteiger partial charge on any atom is 0.124 e. The highest BCUT2D eigenvalue weighted by Crippen LogP contribution is 2.32. The molecule has 0 radical (unpaired) electrons. The first-order chi connectivity index (χ1) is 14.8. The van der Waals surface area contributed by atoms with Gasteiger partial charge in [0.2, 0.25) is 0 Å². The number of pyridine rings is 2. The van der Waals surface area contributed by atoms with Gasteiger partial charge in [0, 0.05) is 43.2 Å². The van der Waals surface area contributed by atoms with Crippen LogP contribution >= 0.6 is 0 Å². The number of amidine groups is 1. The van der Waals surface area contributed by atoms with Gasteiger partial charge in [-0.3, -0.25) is 15.0 Å². The third kappa shape index (κ3) is 2.68. The topological polar surface area (TPSA) is 68.3 Å². The maximum absolute atomic E-state index is 4.93. The van der Waals surface area contributed by atoms with Crippen molar-refractivity contribution in [1.29, 1.82) is 0 Å². The molecule has 0 saturated carbocycles. The summed E-state index contributed by atoms with van der Waals surface area (Å²) in [7, 11) is 2.09. The van der Waals surface area contributed by atoms with Crippen molar-refractivity contribution < 1.29 is 0 Å². The molecule has 1 atom stereocenters. The Morgan fingerprint density at radius 3 is 2.83 bits per heavy atom. The summed E-state index contributed by atoms with van der Waals surface area (Å²) in [5, 5.41) is 1.10. The molecule has 0 saturated heterocycles. The van der Waals surface area contributed by atoms with Gasteiger partial charge in [0.1, 0.15) is 17.7 Å². The van der Waals surface area contributed by atoms with E-state index >= 15 is 0 Å². The molecule has 1 aliphatic carbocycles. The van der Waals surface area contributed by atoms with E-state index in [-0.39, 0.29) is 6.04 Å². The Balaban J connectivity index is 1.22. The van der Waals surface area contributed by atoms with Crippen LogP contribution in [0.1, 0.15) is 36.0 Å². The van der Waals surface area contributed by atoms with Crippen LogP contribution in [-0.2, 0) is 13.5 Å². The monoisotopic (exact) mass is 392 g/mol. The molecule has 2 aliphatic rings. The predicted octanol–water partition coefficient (Wildman–Crippen LogP) is 4.46. The molecular formula is C24H20N6. The number of imidazole rings is 1. The van der Waals surface area contributed by atoms with Crippen molar-refractivity contribution in [3.05, 3.63) is 71.9 Å². The normalized spacial score (nSPS) is 17.2. The van der Waals surface area contributed by atoms with E-state index in [1.165, 1.54) is 0 Å². The molecule has 146 valence electrons. The Labute approximate surface area is 173 Å². The van der Waals surface area contributed by atoms with Crippen LogP contribution in [0, 0.1) is 0 Å². The first-order valence-electron chi connectivity index (χ1n) is 10.3. The highest BCUT2D eigenvalue weighted by Gasteiger charge is 2.27. The summed E-state index contributed by atoms with van der Waals surface area (Å²) in [4.78, 5) is 23.5. The molecule has 0 bridgehead atoms. The van der Waals surface area contributed by atoms with Gasteiger partial charge in [-0.15, -0.1) is 0 Å². The number of aliphatic imine (C=N–C) groups is 2. The first kappa shape index (κ1) is 17.2. The molecule has 0 amide bonds. The second-order valence-electron chi connectivity index (χ2n) is 7.74. The van der Waals surface area contributed by atoms with Crippen LogP contribution in [0.4, 0.5) is 0 Å². The summed E-state index contributed by atoms with van der Waals surface area (Å²) in [5.74, 6) is 2.00. The lowest BCUT2D eigenvalue weighted by Gasteiger charge is -2.14. The SMILES string of the molecule is Cn1c(CCCC2=NC3C(=N2)C=Cc2ncccc23)nc2c3cccnc3ccc21. The Morgan fingerprint density at radius 1 is 0.967 bits per heavy atom. The first-order valence-corrected chi connectivity index (χ1v) is 10.3. The van der Waals surface area contributed by atoms with Crippen LogP contribution in [0.3, 0.4) is 0 Å². The molecule has 0 N–H and O–H groups in total. The number of aromatic nitrogens is 4. The Hall–Kier alpha value is -3.67. The third-order valence-electron chi connectivity index (χ3n) is 5.92. The third-order valence-corrected chi connectivity index (χ3v) is 5.92. The van der Waals surface area contributed by atoms with Gasteiger partial charge in [0.05, 0.1) is 28.0 Å². The highest BCUT2D eigenvalue weighted by molar-refractivity contribution is 6.14. The van der Waals surface area contributed by atoms with Crippen LogP contribution in [0.2, 0.25) is 0 Å². The van der Waals surface area contributed by atoms with Crippen molar-refractivity contribution in [2.24, 2.45) is 17.0 Å². The predicted molar refractivity (Wildman–Crippen MR) is 120 cm³/mol. The Morgan fingerprint density at radius 2 is 1.87 bits per heavy atom. The van der Waals surface area contributed by atoms with Crippen molar-refractivity contribution in [1.82, 2.24) is 19.5 Å². The van der Waals surface area contributed by atoms with Crippen molar-refractivity contribution >= 4 is 39.6 Å². The van der Waals surface area contributed by atoms with Gasteiger partial charge in [0.15, 0.2) is 0 Å². The molecule has 1 unspecified atom stereocenters. The lowest BCUT2D eigenvalue weighted by Crippen LogP contribution is -2.10. The van der Waals surface area contributed by atoms with Gasteiger partial charge in [-0.05, 0) is 48.9 Å². The summed E-state index contributed by atoms with van der Waals surface area (Å²) < 4.78 is 2.19. The molecule has 6 rings (SSSR count). The molecule has 4 aromatic rings. The molecule has 1 aromatic carbocycles. The Kier molecular flexibility index (Phi) is 3.84. The Bertz CT molecular complexity index is 1390. The van der Waals surface area contributed by atoms with Gasteiger partial charge in [-0.2, -0.15) is 0 Å². The average molecular weight is 392 g/mol. The van der Waals surface area contributed by atoms with Gasteiger partial charge in [-0.1, -0.05) is 6.07 Å². The number of hydrogen-bond acceptors (Lipinski definition) is 5. The van der Waals surface area contributed by atoms with E-state index in [2.05, 4.69) is 45.8 Å². The van der Waals surface area contributed by atoms with Crippen LogP contribution in [0.5, 0.6) is 0 Å². The van der Waals surface area contributed by atoms with E-state index in [0.29, 0.717) is 0 Å². The fourth-order valence-electron chi connectivity index (χ4n) is 4.38. The second kappa shape index (κ2) is 6.69. The van der Waals surface area contributed by atoms with Gasteiger partial charge in [0.25, 0.3) is 0 Å². The van der Waals surface area contributed by atoms with Crippen LogP contribution in [0.25, 0.3) is 28.0 Å². The average Bonchev–Trinajstić information content (AvgIpc) is 3.35. The van der Waals surface area contributed by atoms with E-state index in [0.717, 1.165) is 69.8 Å². The lowest BCUT2D eigenvalue weighted by molar-refractivity contribution is 0.750. The van der Waals surface area contributed by atoms with Gasteiger partial charge in [-0.25, -0.2) is 9.98 Å². The number of fused-ring (bicyclic) bond motifs is 6. The minimum atomic E-state index is 0.00307. The largest absolute Gasteiger partial charge is 0.331 e. The summed E-state index contributed by atoms with van der Waals surface area (Å²) in [5.41, 5.74) is 6.31. The number of rotatable bonds is 4. The molecule has 6 nitrogen and oxygen atoms in total. The maximum atomic E-state index is 4.93. The van der Waals surface area contributed by atoms with Gasteiger partial charge < -0.3 is 4.57 Å². The number of nitrogens with zero attached hydrogens (tertiary/aromatic N) is 6. The van der Waals surface area contributed by atoms with Crippen molar-refractivity contribution in [2.75, 3.05) is 0 Å². The van der Waals surface area contributed by atoms with Crippen LogP contribution < -0.4 is 0 Å². The van der Waals surface area contributed by atoms with Gasteiger partial charge >= 0.3 is 0 Å². The molecule has 6 heteroatoms. The fourth-order valence-corrected chi connectivity index (χ4v) is 4.38. The smallest absolute Gasteiger partial charge is 0.124 e. The highest BCUT2D eigenvalue weighted by atomic mass is 15.1. The van der Waals surface area contributed by atoms with E-state index in [4.69, 9.17) is 15.0 Å². The standard InChI is InChI=1S/C24H20N6/c1-30-20-12-11-18-16(6-4-14-26-18)24(20)29-22(30)8-2-7-21-27-19-10-9-17-15(23(19)28-21)5-3-13-25-17/h3-6,9-14,23H,2,7-8H2,1H3. The molecular weight excluding hydrogens is 372 g/mol. The van der Waals surface area contributed by atoms with Crippen molar-refractivity contribution in [3.63, 3.8) is 0 Å². The van der Waals surface area contributed by atoms with E-state index in [9.17, 15) is 0 Å². The molecule has 30 heavy (non-hydrogen) atoms. The zero-order chi connectivity index (χ0) is 20.1. The van der Waals surface area contributed by atoms with Crippen LogP contribution in [0.15, 0.2) is 64.9 Å². The summed E-state index contributed by atoms with van der Waals surface area (Å²) in [6, 6.07) is 12.3. The minimum absolute atomic E-state index is 0.00307. The van der Waals surface area contributed by atoms with E-state index in [1.54, 1.807) is 0 Å². The zero-order valence-corrected chi connectivity index (χ0v) is 16.7. The molecule has 0 spiro atoms. The molecule has 1 aliphatic heterocycles. The van der Waals surface area contributed by atoms with Crippen LogP contribution in [-0.4, -0.2) is 31.1 Å². The van der Waals surface area contributed by atoms with Crippen molar-refractivity contribution in [2.45, 2.75) is 25.3 Å². The van der Waals surface area contributed by atoms with E-state index < -0.39 is 0 Å². The zero-order valence-electron chi connectivity index (χ0n) is 16.7. The number of benzene rings is 1.